The van der Waals surface area contributed by atoms with E-state index >= 15 is 0 Å². The van der Waals surface area contributed by atoms with Crippen LogP contribution in [0.25, 0.3) is 11.9 Å². The van der Waals surface area contributed by atoms with Crippen molar-refractivity contribution in [2.45, 2.75) is 0 Å². The van der Waals surface area contributed by atoms with Gasteiger partial charge in [-0.05, 0) is 29.8 Å². The lowest BCUT2D eigenvalue weighted by Crippen LogP contribution is -2.10. The summed E-state index contributed by atoms with van der Waals surface area (Å²) in [4.78, 5) is 20.3. The van der Waals surface area contributed by atoms with Gasteiger partial charge in [0.25, 0.3) is 0 Å². The number of carbonyl (C=O) groups excluding carboxylic acids is 1. The number of aromatic nitrogens is 4. The third kappa shape index (κ3) is 4.04. The van der Waals surface area contributed by atoms with E-state index in [-0.39, 0.29) is 5.91 Å². The van der Waals surface area contributed by atoms with Gasteiger partial charge in [0.15, 0.2) is 17.3 Å². The molecule has 8 heteroatoms. The van der Waals surface area contributed by atoms with Crippen molar-refractivity contribution in [3.05, 3.63) is 60.7 Å². The maximum atomic E-state index is 12.1. The van der Waals surface area contributed by atoms with Crippen molar-refractivity contribution in [1.29, 1.82) is 0 Å². The summed E-state index contributed by atoms with van der Waals surface area (Å²) in [6.07, 6.45) is 7.85. The molecule has 1 aromatic carbocycles. The zero-order chi connectivity index (χ0) is 18.4. The van der Waals surface area contributed by atoms with Gasteiger partial charge in [0.2, 0.25) is 5.91 Å². The average molecular weight is 351 g/mol. The lowest BCUT2D eigenvalue weighted by Gasteiger charge is -2.07. The lowest BCUT2D eigenvalue weighted by molar-refractivity contribution is -0.111. The van der Waals surface area contributed by atoms with Crippen molar-refractivity contribution >= 4 is 17.8 Å². The van der Waals surface area contributed by atoms with Crippen LogP contribution in [0.4, 0.5) is 5.82 Å². The van der Waals surface area contributed by atoms with Gasteiger partial charge in [0, 0.05) is 24.5 Å². The Balaban J connectivity index is 1.69. The van der Waals surface area contributed by atoms with Gasteiger partial charge in [0.1, 0.15) is 12.1 Å². The maximum absolute atomic E-state index is 12.1. The molecule has 1 amide bonds. The third-order valence-electron chi connectivity index (χ3n) is 3.48. The molecule has 0 saturated carbocycles. The molecule has 0 unspecified atom stereocenters. The number of ether oxygens (including phenoxy) is 2. The molecule has 132 valence electrons. The maximum Gasteiger partial charge on any atom is 0.249 e. The minimum absolute atomic E-state index is 0.315. The molecule has 3 rings (SSSR count). The number of amides is 1. The Bertz CT molecular complexity index is 922. The molecule has 0 spiro atoms. The average Bonchev–Trinajstić information content (AvgIpc) is 3.21. The number of anilines is 1. The second-order valence-electron chi connectivity index (χ2n) is 5.15. The smallest absolute Gasteiger partial charge is 0.249 e. The number of hydrogen-bond donors (Lipinski definition) is 1. The number of nitrogens with one attached hydrogen (secondary N) is 1. The van der Waals surface area contributed by atoms with E-state index < -0.39 is 0 Å². The highest BCUT2D eigenvalue weighted by molar-refractivity contribution is 6.01. The predicted molar refractivity (Wildman–Crippen MR) is 96.4 cm³/mol. The summed E-state index contributed by atoms with van der Waals surface area (Å²) in [6.45, 7) is 0. The van der Waals surface area contributed by atoms with E-state index in [9.17, 15) is 4.79 Å². The normalized spacial score (nSPS) is 10.7. The molecule has 0 radical (unpaired) electrons. The summed E-state index contributed by atoms with van der Waals surface area (Å²) in [5.74, 6) is 1.84. The van der Waals surface area contributed by atoms with Gasteiger partial charge in [-0.15, -0.1) is 0 Å². The number of methoxy groups -OCH3 is 2. The largest absolute Gasteiger partial charge is 0.493 e. The van der Waals surface area contributed by atoms with Crippen LogP contribution in [0.1, 0.15) is 5.56 Å². The number of nitrogens with zero attached hydrogens (tertiary/aromatic N) is 4. The van der Waals surface area contributed by atoms with Gasteiger partial charge in [-0.1, -0.05) is 6.07 Å². The Kier molecular flexibility index (Phi) is 5.23. The third-order valence-corrected chi connectivity index (χ3v) is 3.48. The Morgan fingerprint density at radius 3 is 2.73 bits per heavy atom. The van der Waals surface area contributed by atoms with Crippen LogP contribution in [-0.4, -0.2) is 39.9 Å². The molecule has 0 saturated heterocycles. The van der Waals surface area contributed by atoms with Gasteiger partial charge in [-0.25, -0.2) is 14.6 Å². The van der Waals surface area contributed by atoms with E-state index in [2.05, 4.69) is 20.4 Å². The highest BCUT2D eigenvalue weighted by Gasteiger charge is 2.05. The second-order valence-corrected chi connectivity index (χ2v) is 5.15. The van der Waals surface area contributed by atoms with Crippen molar-refractivity contribution in [2.24, 2.45) is 0 Å². The molecule has 0 bridgehead atoms. The van der Waals surface area contributed by atoms with E-state index in [0.717, 1.165) is 5.56 Å². The number of carbonyl (C=O) groups is 1. The fourth-order valence-electron chi connectivity index (χ4n) is 2.24. The summed E-state index contributed by atoms with van der Waals surface area (Å²) < 4.78 is 12.0. The molecule has 2 aromatic heterocycles. The number of hydrogen-bond acceptors (Lipinski definition) is 6. The van der Waals surface area contributed by atoms with E-state index in [1.807, 2.05) is 6.07 Å². The molecule has 0 atom stereocenters. The Morgan fingerprint density at radius 2 is 2.00 bits per heavy atom. The summed E-state index contributed by atoms with van der Waals surface area (Å²) in [6, 6.07) is 8.80. The first-order valence-corrected chi connectivity index (χ1v) is 7.73. The molecule has 26 heavy (non-hydrogen) atoms. The number of rotatable bonds is 6. The molecule has 2 heterocycles. The van der Waals surface area contributed by atoms with Gasteiger partial charge in [-0.2, -0.15) is 5.10 Å². The minimum Gasteiger partial charge on any atom is -0.493 e. The molecule has 3 aromatic rings. The Morgan fingerprint density at radius 1 is 1.15 bits per heavy atom. The van der Waals surface area contributed by atoms with Crippen LogP contribution in [0.3, 0.4) is 0 Å². The molecule has 0 aliphatic heterocycles. The van der Waals surface area contributed by atoms with Crippen LogP contribution in [0.5, 0.6) is 11.5 Å². The fourth-order valence-corrected chi connectivity index (χ4v) is 2.24. The van der Waals surface area contributed by atoms with Crippen LogP contribution in [0, 0.1) is 0 Å². The molecule has 0 aliphatic rings. The molecular formula is C18H17N5O3. The monoisotopic (exact) mass is 351 g/mol. The fraction of sp³-hybridized carbons (Fsp3) is 0.111. The molecule has 8 nitrogen and oxygen atoms in total. The van der Waals surface area contributed by atoms with E-state index in [0.29, 0.717) is 23.1 Å². The summed E-state index contributed by atoms with van der Waals surface area (Å²) in [5.41, 5.74) is 0.803. The highest BCUT2D eigenvalue weighted by atomic mass is 16.5. The van der Waals surface area contributed by atoms with Gasteiger partial charge < -0.3 is 14.8 Å². The molecule has 0 aliphatic carbocycles. The van der Waals surface area contributed by atoms with Crippen molar-refractivity contribution in [3.8, 4) is 17.3 Å². The zero-order valence-corrected chi connectivity index (χ0v) is 14.3. The van der Waals surface area contributed by atoms with E-state index in [1.165, 1.54) is 12.4 Å². The van der Waals surface area contributed by atoms with Crippen LogP contribution in [-0.2, 0) is 4.79 Å². The summed E-state index contributed by atoms with van der Waals surface area (Å²) in [7, 11) is 3.13. The second kappa shape index (κ2) is 7.93. The van der Waals surface area contributed by atoms with Gasteiger partial charge in [0.05, 0.1) is 14.2 Å². The van der Waals surface area contributed by atoms with Crippen molar-refractivity contribution < 1.29 is 14.3 Å². The molecule has 1 N–H and O–H groups in total. The standard InChI is InChI=1S/C18H17N5O3/c1-25-14-6-4-13(10-15(14)26-2)5-7-18(24)22-16-11-17(20-12-19-16)23-9-3-8-21-23/h3-12H,1-2H3,(H,19,20,22,24)/b7-5+. The Labute approximate surface area is 150 Å². The van der Waals surface area contributed by atoms with Gasteiger partial charge in [-0.3, -0.25) is 4.79 Å². The Hall–Kier alpha value is -3.68. The van der Waals surface area contributed by atoms with Gasteiger partial charge >= 0.3 is 0 Å². The molecule has 0 fully saturated rings. The van der Waals surface area contributed by atoms with Crippen LogP contribution in [0.2, 0.25) is 0 Å². The lowest BCUT2D eigenvalue weighted by atomic mass is 10.2. The van der Waals surface area contributed by atoms with Crippen molar-refractivity contribution in [3.63, 3.8) is 0 Å². The molecular weight excluding hydrogens is 334 g/mol. The van der Waals surface area contributed by atoms with Crippen LogP contribution < -0.4 is 14.8 Å². The SMILES string of the molecule is COc1ccc(/C=C/C(=O)Nc2cc(-n3cccn3)ncn2)cc1OC. The topological polar surface area (TPSA) is 91.2 Å². The summed E-state index contributed by atoms with van der Waals surface area (Å²) >= 11 is 0. The van der Waals surface area contributed by atoms with Crippen LogP contribution >= 0.6 is 0 Å². The van der Waals surface area contributed by atoms with E-state index in [4.69, 9.17) is 9.47 Å². The first-order chi connectivity index (χ1) is 12.7. The summed E-state index contributed by atoms with van der Waals surface area (Å²) in [5, 5.41) is 6.78. The van der Waals surface area contributed by atoms with E-state index in [1.54, 1.807) is 61.6 Å². The van der Waals surface area contributed by atoms with Crippen LogP contribution in [0.15, 0.2) is 55.1 Å². The van der Waals surface area contributed by atoms with Crippen molar-refractivity contribution in [2.75, 3.05) is 19.5 Å². The minimum atomic E-state index is -0.315. The zero-order valence-electron chi connectivity index (χ0n) is 14.3. The predicted octanol–water partition coefficient (Wildman–Crippen LogP) is 2.33. The first kappa shape index (κ1) is 17.2. The quantitative estimate of drug-likeness (QED) is 0.686. The number of benzene rings is 1. The van der Waals surface area contributed by atoms with Crippen molar-refractivity contribution in [1.82, 2.24) is 19.7 Å². The highest BCUT2D eigenvalue weighted by Crippen LogP contribution is 2.27. The first-order valence-electron chi connectivity index (χ1n) is 7.73.